The van der Waals surface area contributed by atoms with E-state index in [0.717, 1.165) is 12.1 Å². The zero-order valence-corrected chi connectivity index (χ0v) is 11.1. The molecule has 0 aliphatic heterocycles. The summed E-state index contributed by atoms with van der Waals surface area (Å²) < 4.78 is 6.50. The fourth-order valence-corrected chi connectivity index (χ4v) is 1.71. The lowest BCUT2D eigenvalue weighted by Gasteiger charge is -2.04. The second kappa shape index (κ2) is 6.15. The van der Waals surface area contributed by atoms with Crippen LogP contribution in [0.15, 0.2) is 36.5 Å². The van der Waals surface area contributed by atoms with Gasteiger partial charge in [0.2, 0.25) is 0 Å². The van der Waals surface area contributed by atoms with Gasteiger partial charge >= 0.3 is 0 Å². The van der Waals surface area contributed by atoms with Gasteiger partial charge in [-0.25, -0.2) is 4.68 Å². The number of methoxy groups -OCH3 is 1. The monoisotopic (exact) mass is 259 g/mol. The van der Waals surface area contributed by atoms with E-state index >= 15 is 0 Å². The Labute approximate surface area is 112 Å². The highest BCUT2D eigenvalue weighted by Gasteiger charge is 2.09. The number of benzene rings is 1. The number of hydrogen-bond acceptors (Lipinski definition) is 3. The Morgan fingerprint density at radius 2 is 2.05 bits per heavy atom. The van der Waals surface area contributed by atoms with Crippen molar-refractivity contribution in [3.8, 4) is 0 Å². The predicted octanol–water partition coefficient (Wildman–Crippen LogP) is 2.30. The van der Waals surface area contributed by atoms with Crippen molar-refractivity contribution >= 4 is 11.6 Å². The fourth-order valence-electron chi connectivity index (χ4n) is 1.71. The van der Waals surface area contributed by atoms with Gasteiger partial charge in [0.1, 0.15) is 6.73 Å². The molecule has 5 heteroatoms. The molecule has 0 aliphatic carbocycles. The molecule has 0 saturated carbocycles. The van der Waals surface area contributed by atoms with Crippen molar-refractivity contribution in [3.63, 3.8) is 0 Å². The number of nitrogens with zero attached hydrogens (tertiary/aromatic N) is 2. The van der Waals surface area contributed by atoms with Crippen LogP contribution in [0.1, 0.15) is 23.0 Å². The first-order valence-corrected chi connectivity index (χ1v) is 6.15. The van der Waals surface area contributed by atoms with Gasteiger partial charge in [0, 0.05) is 19.0 Å². The van der Waals surface area contributed by atoms with Crippen molar-refractivity contribution in [3.05, 3.63) is 47.8 Å². The van der Waals surface area contributed by atoms with Gasteiger partial charge in [-0.1, -0.05) is 19.1 Å². The second-order valence-electron chi connectivity index (χ2n) is 4.16. The highest BCUT2D eigenvalue weighted by Crippen LogP contribution is 2.11. The number of anilines is 1. The topological polar surface area (TPSA) is 56.2 Å². The van der Waals surface area contributed by atoms with Gasteiger partial charge in [-0.15, -0.1) is 0 Å². The number of amides is 1. The number of carbonyl (C=O) groups is 1. The van der Waals surface area contributed by atoms with Crippen molar-refractivity contribution < 1.29 is 9.53 Å². The van der Waals surface area contributed by atoms with E-state index in [1.807, 2.05) is 24.3 Å². The van der Waals surface area contributed by atoms with Crippen LogP contribution in [0, 0.1) is 0 Å². The molecule has 100 valence electrons. The van der Waals surface area contributed by atoms with Crippen molar-refractivity contribution in [2.75, 3.05) is 12.4 Å². The molecule has 1 amide bonds. The van der Waals surface area contributed by atoms with Gasteiger partial charge in [-0.3, -0.25) is 4.79 Å². The van der Waals surface area contributed by atoms with Crippen LogP contribution in [0.3, 0.4) is 0 Å². The van der Waals surface area contributed by atoms with Crippen LogP contribution in [0.25, 0.3) is 0 Å². The second-order valence-corrected chi connectivity index (χ2v) is 4.16. The fraction of sp³-hybridized carbons (Fsp3) is 0.286. The zero-order valence-electron chi connectivity index (χ0n) is 11.1. The Hall–Kier alpha value is -2.14. The molecule has 5 nitrogen and oxygen atoms in total. The van der Waals surface area contributed by atoms with Crippen LogP contribution in [0.4, 0.5) is 5.69 Å². The smallest absolute Gasteiger partial charge is 0.276 e. The summed E-state index contributed by atoms with van der Waals surface area (Å²) in [6.07, 6.45) is 2.69. The summed E-state index contributed by atoms with van der Waals surface area (Å²) in [6.45, 7) is 2.43. The molecule has 0 spiro atoms. The molecule has 0 radical (unpaired) electrons. The summed E-state index contributed by atoms with van der Waals surface area (Å²) >= 11 is 0. The van der Waals surface area contributed by atoms with Crippen LogP contribution in [0.2, 0.25) is 0 Å². The Bertz CT molecular complexity index is 546. The van der Waals surface area contributed by atoms with E-state index in [0.29, 0.717) is 12.4 Å². The Morgan fingerprint density at radius 3 is 2.68 bits per heavy atom. The lowest BCUT2D eigenvalue weighted by atomic mass is 10.1. The molecular weight excluding hydrogens is 242 g/mol. The molecule has 1 aromatic heterocycles. The molecule has 0 fully saturated rings. The highest BCUT2D eigenvalue weighted by molar-refractivity contribution is 6.02. The third-order valence-electron chi connectivity index (χ3n) is 2.75. The van der Waals surface area contributed by atoms with Crippen LogP contribution in [-0.4, -0.2) is 22.8 Å². The van der Waals surface area contributed by atoms with Crippen LogP contribution < -0.4 is 5.32 Å². The molecule has 1 N–H and O–H groups in total. The lowest BCUT2D eigenvalue weighted by molar-refractivity contribution is 0.101. The molecule has 0 saturated heterocycles. The molecule has 19 heavy (non-hydrogen) atoms. The highest BCUT2D eigenvalue weighted by atomic mass is 16.5. The number of carbonyl (C=O) groups excluding carboxylic acids is 1. The minimum Gasteiger partial charge on any atom is -0.362 e. The maximum absolute atomic E-state index is 12.0. The molecule has 0 unspecified atom stereocenters. The third kappa shape index (κ3) is 3.42. The number of ether oxygens (including phenoxy) is 1. The molecule has 1 heterocycles. The lowest BCUT2D eigenvalue weighted by Crippen LogP contribution is -2.13. The number of rotatable bonds is 5. The first kappa shape index (κ1) is 13.3. The number of nitrogens with one attached hydrogen (secondary N) is 1. The van der Waals surface area contributed by atoms with E-state index in [2.05, 4.69) is 17.3 Å². The average Bonchev–Trinajstić information content (AvgIpc) is 2.89. The standard InChI is InChI=1S/C14H17N3O2/c1-3-11-4-6-12(7-5-11)15-14(18)13-8-9-17(16-13)10-19-2/h4-9H,3,10H2,1-2H3,(H,15,18). The van der Waals surface area contributed by atoms with E-state index in [4.69, 9.17) is 4.74 Å². The van der Waals surface area contributed by atoms with Crippen LogP contribution in [-0.2, 0) is 17.9 Å². The minimum atomic E-state index is -0.223. The van der Waals surface area contributed by atoms with Gasteiger partial charge in [0.15, 0.2) is 5.69 Å². The molecule has 2 aromatic rings. The van der Waals surface area contributed by atoms with Gasteiger partial charge < -0.3 is 10.1 Å². The third-order valence-corrected chi connectivity index (χ3v) is 2.75. The Balaban J connectivity index is 2.02. The first-order chi connectivity index (χ1) is 9.22. The average molecular weight is 259 g/mol. The molecule has 0 bridgehead atoms. The first-order valence-electron chi connectivity index (χ1n) is 6.15. The van der Waals surface area contributed by atoms with Crippen molar-refractivity contribution in [2.24, 2.45) is 0 Å². The van der Waals surface area contributed by atoms with Gasteiger partial charge in [-0.2, -0.15) is 5.10 Å². The summed E-state index contributed by atoms with van der Waals surface area (Å²) in [6, 6.07) is 9.44. The van der Waals surface area contributed by atoms with E-state index in [-0.39, 0.29) is 5.91 Å². The van der Waals surface area contributed by atoms with Crippen molar-refractivity contribution in [1.29, 1.82) is 0 Å². The quantitative estimate of drug-likeness (QED) is 0.896. The summed E-state index contributed by atoms with van der Waals surface area (Å²) in [7, 11) is 1.58. The van der Waals surface area contributed by atoms with E-state index in [1.54, 1.807) is 24.1 Å². The van der Waals surface area contributed by atoms with E-state index < -0.39 is 0 Å². The number of hydrogen-bond donors (Lipinski definition) is 1. The summed E-state index contributed by atoms with van der Waals surface area (Å²) in [5, 5.41) is 6.92. The van der Waals surface area contributed by atoms with Crippen LogP contribution in [0.5, 0.6) is 0 Å². The van der Waals surface area contributed by atoms with Gasteiger partial charge in [0.25, 0.3) is 5.91 Å². The minimum absolute atomic E-state index is 0.223. The molecule has 1 aromatic carbocycles. The molecule has 2 rings (SSSR count). The summed E-state index contributed by atoms with van der Waals surface area (Å²) in [4.78, 5) is 12.0. The van der Waals surface area contributed by atoms with Crippen molar-refractivity contribution in [1.82, 2.24) is 9.78 Å². The summed E-state index contributed by atoms with van der Waals surface area (Å²) in [5.41, 5.74) is 2.38. The molecular formula is C14H17N3O2. The summed E-state index contributed by atoms with van der Waals surface area (Å²) in [5.74, 6) is -0.223. The van der Waals surface area contributed by atoms with Gasteiger partial charge in [-0.05, 0) is 30.2 Å². The molecule has 0 atom stereocenters. The molecule has 0 aliphatic rings. The van der Waals surface area contributed by atoms with E-state index in [9.17, 15) is 4.79 Å². The van der Waals surface area contributed by atoms with Crippen LogP contribution >= 0.6 is 0 Å². The number of aryl methyl sites for hydroxylation is 1. The zero-order chi connectivity index (χ0) is 13.7. The normalized spacial score (nSPS) is 10.4. The van der Waals surface area contributed by atoms with E-state index in [1.165, 1.54) is 5.56 Å². The Kier molecular flexibility index (Phi) is 4.30. The maximum Gasteiger partial charge on any atom is 0.276 e. The maximum atomic E-state index is 12.0. The number of aromatic nitrogens is 2. The van der Waals surface area contributed by atoms with Crippen molar-refractivity contribution in [2.45, 2.75) is 20.1 Å². The van der Waals surface area contributed by atoms with Gasteiger partial charge in [0.05, 0.1) is 0 Å². The SMILES string of the molecule is CCc1ccc(NC(=O)c2ccn(COC)n2)cc1. The predicted molar refractivity (Wildman–Crippen MR) is 73.0 cm³/mol. The Morgan fingerprint density at radius 1 is 1.32 bits per heavy atom. The largest absolute Gasteiger partial charge is 0.362 e.